The third-order valence-electron chi connectivity index (χ3n) is 4.37. The summed E-state index contributed by atoms with van der Waals surface area (Å²) in [6.45, 7) is 4.87. The van der Waals surface area contributed by atoms with E-state index in [1.54, 1.807) is 19.1 Å². The topological polar surface area (TPSA) is 49.4 Å². The molecule has 0 aliphatic heterocycles. The summed E-state index contributed by atoms with van der Waals surface area (Å²) in [6.07, 6.45) is 0.795. The maximum atomic E-state index is 13.1. The zero-order valence-corrected chi connectivity index (χ0v) is 15.5. The predicted octanol–water partition coefficient (Wildman–Crippen LogP) is 4.12. The lowest BCUT2D eigenvalue weighted by atomic mass is 9.95. The lowest BCUT2D eigenvalue weighted by molar-refractivity contribution is -0.188. The van der Waals surface area contributed by atoms with Crippen molar-refractivity contribution in [3.63, 3.8) is 0 Å². The molecule has 26 heavy (non-hydrogen) atoms. The van der Waals surface area contributed by atoms with Crippen molar-refractivity contribution in [3.8, 4) is 0 Å². The lowest BCUT2D eigenvalue weighted by Gasteiger charge is -2.32. The Balaban J connectivity index is 2.33. The van der Waals surface area contributed by atoms with Gasteiger partial charge >= 0.3 is 12.1 Å². The first-order valence-electron chi connectivity index (χ1n) is 8.59. The third kappa shape index (κ3) is 5.09. The largest absolute Gasteiger partial charge is 0.471 e. The number of amides is 2. The molecule has 0 saturated heterocycles. The van der Waals surface area contributed by atoms with Gasteiger partial charge in [-0.1, -0.05) is 25.3 Å². The van der Waals surface area contributed by atoms with E-state index in [2.05, 4.69) is 11.9 Å². The molecule has 1 aliphatic carbocycles. The summed E-state index contributed by atoms with van der Waals surface area (Å²) in [5, 5.41) is 2.84. The molecule has 144 valence electrons. The number of nitrogens with zero attached hydrogens (tertiary/aromatic N) is 1. The molecule has 4 nitrogen and oxygen atoms in total. The minimum Gasteiger partial charge on any atom is -0.351 e. The van der Waals surface area contributed by atoms with Gasteiger partial charge in [0.25, 0.3) is 0 Å². The van der Waals surface area contributed by atoms with Crippen LogP contribution in [0.2, 0.25) is 0 Å². The average molecular weight is 388 g/mol. The second-order valence-electron chi connectivity index (χ2n) is 6.44. The molecule has 1 heterocycles. The van der Waals surface area contributed by atoms with Gasteiger partial charge in [0.1, 0.15) is 6.04 Å². The summed E-state index contributed by atoms with van der Waals surface area (Å²) in [5.41, 5.74) is 0. The van der Waals surface area contributed by atoms with Gasteiger partial charge in [-0.2, -0.15) is 13.2 Å². The van der Waals surface area contributed by atoms with Gasteiger partial charge in [-0.05, 0) is 31.9 Å². The molecule has 1 saturated carbocycles. The number of hydrogen-bond acceptors (Lipinski definition) is 3. The molecule has 1 fully saturated rings. The highest BCUT2D eigenvalue weighted by atomic mass is 32.1. The number of rotatable bonds is 6. The fourth-order valence-corrected chi connectivity index (χ4v) is 4.15. The molecule has 2 rings (SSSR count). The van der Waals surface area contributed by atoms with Crippen LogP contribution in [0.5, 0.6) is 0 Å². The second kappa shape index (κ2) is 8.70. The van der Waals surface area contributed by atoms with Gasteiger partial charge in [-0.25, -0.2) is 0 Å². The number of aryl methyl sites for hydroxylation is 1. The number of carbonyl (C=O) groups excluding carboxylic acids is 2. The van der Waals surface area contributed by atoms with Crippen molar-refractivity contribution < 1.29 is 22.8 Å². The van der Waals surface area contributed by atoms with E-state index in [1.807, 2.05) is 0 Å². The van der Waals surface area contributed by atoms with Gasteiger partial charge in [0, 0.05) is 22.3 Å². The highest BCUT2D eigenvalue weighted by Crippen LogP contribution is 2.32. The summed E-state index contributed by atoms with van der Waals surface area (Å²) in [6, 6.07) is 1.95. The molecular weight excluding hydrogens is 365 g/mol. The van der Waals surface area contributed by atoms with Crippen molar-refractivity contribution in [2.45, 2.75) is 57.3 Å². The number of nitrogens with one attached hydrogen (secondary N) is 1. The van der Waals surface area contributed by atoms with E-state index >= 15 is 0 Å². The van der Waals surface area contributed by atoms with Crippen LogP contribution in [0.15, 0.2) is 24.8 Å². The number of thiophene rings is 1. The monoisotopic (exact) mass is 388 g/mol. The molecule has 1 N–H and O–H groups in total. The summed E-state index contributed by atoms with van der Waals surface area (Å²) >= 11 is 1.21. The first-order valence-corrected chi connectivity index (χ1v) is 9.41. The Labute approximate surface area is 155 Å². The molecule has 2 amide bonds. The quantitative estimate of drug-likeness (QED) is 0.745. The fraction of sp³-hybridized carbons (Fsp3) is 0.556. The van der Waals surface area contributed by atoms with Crippen LogP contribution in [0.3, 0.4) is 0 Å². The van der Waals surface area contributed by atoms with Crippen LogP contribution < -0.4 is 5.32 Å². The van der Waals surface area contributed by atoms with Crippen molar-refractivity contribution in [2.24, 2.45) is 0 Å². The maximum Gasteiger partial charge on any atom is 0.471 e. The number of hydrogen-bond donors (Lipinski definition) is 1. The Kier molecular flexibility index (Phi) is 6.86. The van der Waals surface area contributed by atoms with E-state index in [9.17, 15) is 22.8 Å². The molecule has 0 unspecified atom stereocenters. The standard InChI is InChI=1S/C18H23F3N2O2S/c1-3-11-23(17(25)18(19,20)21)15(14-10-9-12(2)26-14)16(24)22-13-7-5-4-6-8-13/h3,9-10,13,15H,1,4-8,11H2,2H3,(H,22,24)/t15-/m0/s1. The Morgan fingerprint density at radius 3 is 2.50 bits per heavy atom. The van der Waals surface area contributed by atoms with Crippen LogP contribution in [-0.2, 0) is 9.59 Å². The molecule has 0 radical (unpaired) electrons. The van der Waals surface area contributed by atoms with E-state index in [0.717, 1.165) is 37.0 Å². The van der Waals surface area contributed by atoms with E-state index < -0.39 is 24.0 Å². The van der Waals surface area contributed by atoms with Gasteiger partial charge in [-0.15, -0.1) is 17.9 Å². The van der Waals surface area contributed by atoms with E-state index in [1.165, 1.54) is 17.4 Å². The highest BCUT2D eigenvalue weighted by molar-refractivity contribution is 7.12. The van der Waals surface area contributed by atoms with Crippen molar-refractivity contribution in [2.75, 3.05) is 6.54 Å². The Morgan fingerprint density at radius 2 is 2.00 bits per heavy atom. The highest BCUT2D eigenvalue weighted by Gasteiger charge is 2.46. The summed E-state index contributed by atoms with van der Waals surface area (Å²) in [5.74, 6) is -2.61. The molecule has 0 spiro atoms. The second-order valence-corrected chi connectivity index (χ2v) is 7.76. The lowest BCUT2D eigenvalue weighted by Crippen LogP contribution is -2.50. The van der Waals surface area contributed by atoms with Gasteiger partial charge in [0.2, 0.25) is 5.91 Å². The zero-order valence-electron chi connectivity index (χ0n) is 14.6. The normalized spacial score (nSPS) is 16.8. The molecule has 1 aromatic heterocycles. The summed E-state index contributed by atoms with van der Waals surface area (Å²) < 4.78 is 39.2. The van der Waals surface area contributed by atoms with Crippen LogP contribution in [0, 0.1) is 6.92 Å². The molecule has 0 aromatic carbocycles. The van der Waals surface area contributed by atoms with E-state index in [0.29, 0.717) is 9.78 Å². The van der Waals surface area contributed by atoms with E-state index in [-0.39, 0.29) is 12.6 Å². The number of carbonyl (C=O) groups is 2. The zero-order chi connectivity index (χ0) is 19.3. The van der Waals surface area contributed by atoms with E-state index in [4.69, 9.17) is 0 Å². The van der Waals surface area contributed by atoms with Crippen molar-refractivity contribution >= 4 is 23.2 Å². The minimum atomic E-state index is -5.06. The molecule has 1 aliphatic rings. The van der Waals surface area contributed by atoms with Crippen LogP contribution in [-0.4, -0.2) is 35.5 Å². The van der Waals surface area contributed by atoms with Crippen LogP contribution in [0.25, 0.3) is 0 Å². The third-order valence-corrected chi connectivity index (χ3v) is 5.42. The predicted molar refractivity (Wildman–Crippen MR) is 94.8 cm³/mol. The van der Waals surface area contributed by atoms with Crippen LogP contribution in [0.4, 0.5) is 13.2 Å². The maximum absolute atomic E-state index is 13.1. The van der Waals surface area contributed by atoms with Crippen molar-refractivity contribution in [1.82, 2.24) is 10.2 Å². The van der Waals surface area contributed by atoms with Gasteiger partial charge in [0.15, 0.2) is 0 Å². The Morgan fingerprint density at radius 1 is 1.35 bits per heavy atom. The molecule has 1 atom stereocenters. The average Bonchev–Trinajstić information content (AvgIpc) is 2.99. The SMILES string of the molecule is C=CCN(C(=O)C(F)(F)F)[C@H](C(=O)NC1CCCCC1)c1ccc(C)s1. The van der Waals surface area contributed by atoms with Gasteiger partial charge in [0.05, 0.1) is 0 Å². The summed E-state index contributed by atoms with van der Waals surface area (Å²) in [7, 11) is 0. The van der Waals surface area contributed by atoms with Gasteiger partial charge in [-0.3, -0.25) is 9.59 Å². The van der Waals surface area contributed by atoms with Crippen LogP contribution >= 0.6 is 11.3 Å². The van der Waals surface area contributed by atoms with Crippen LogP contribution in [0.1, 0.15) is 47.9 Å². The summed E-state index contributed by atoms with van der Waals surface area (Å²) in [4.78, 5) is 26.6. The Hall–Kier alpha value is -1.83. The first-order chi connectivity index (χ1) is 12.2. The molecular formula is C18H23F3N2O2S. The molecule has 0 bridgehead atoms. The smallest absolute Gasteiger partial charge is 0.351 e. The van der Waals surface area contributed by atoms with Gasteiger partial charge < -0.3 is 10.2 Å². The van der Waals surface area contributed by atoms with Crippen molar-refractivity contribution in [3.05, 3.63) is 34.5 Å². The molecule has 1 aromatic rings. The first kappa shape index (κ1) is 20.5. The number of alkyl halides is 3. The molecule has 8 heteroatoms. The minimum absolute atomic E-state index is 0.0635. The fourth-order valence-electron chi connectivity index (χ4n) is 3.16. The number of halogens is 3. The Bertz CT molecular complexity index is 651. The van der Waals surface area contributed by atoms with Crippen molar-refractivity contribution in [1.29, 1.82) is 0 Å².